The van der Waals surface area contributed by atoms with E-state index in [4.69, 9.17) is 0 Å². The summed E-state index contributed by atoms with van der Waals surface area (Å²) >= 11 is 0. The number of hydrogen-bond acceptors (Lipinski definition) is 3. The highest BCUT2D eigenvalue weighted by atomic mass is 32.2. The van der Waals surface area contributed by atoms with Crippen molar-refractivity contribution in [3.05, 3.63) is 71.8 Å². The summed E-state index contributed by atoms with van der Waals surface area (Å²) in [6.45, 7) is 4.81. The fourth-order valence-electron chi connectivity index (χ4n) is 4.23. The van der Waals surface area contributed by atoms with Crippen molar-refractivity contribution in [2.24, 2.45) is 5.92 Å². The smallest absolute Gasteiger partial charge is 0.224 e. The van der Waals surface area contributed by atoms with E-state index in [1.54, 1.807) is 0 Å². The van der Waals surface area contributed by atoms with E-state index in [-0.39, 0.29) is 24.1 Å². The molecule has 168 valence electrons. The minimum atomic E-state index is -3.36. The van der Waals surface area contributed by atoms with Gasteiger partial charge in [-0.25, -0.2) is 12.7 Å². The van der Waals surface area contributed by atoms with Crippen LogP contribution in [0.5, 0.6) is 0 Å². The molecule has 31 heavy (non-hydrogen) atoms. The summed E-state index contributed by atoms with van der Waals surface area (Å²) in [5.74, 6) is -0.228. The molecule has 1 atom stereocenters. The topological polar surface area (TPSA) is 66.5 Å². The van der Waals surface area contributed by atoms with E-state index >= 15 is 0 Å². The standard InChI is InChI=1S/C25H34N2O3S/c1-25(2,19-22-13-7-4-8-14-22)26-24(28)23-16-9-17-27(20-23)31(29,30)18-10-15-21-11-5-3-6-12-21/h3-8,11-14,23H,9-10,15-20H2,1-2H3,(H,26,28)/t23-/m1/s1. The largest absolute Gasteiger partial charge is 0.351 e. The summed E-state index contributed by atoms with van der Waals surface area (Å²) in [7, 11) is -3.36. The van der Waals surface area contributed by atoms with Gasteiger partial charge in [-0.1, -0.05) is 60.7 Å². The number of carbonyl (C=O) groups excluding carboxylic acids is 1. The molecule has 2 aromatic rings. The minimum Gasteiger partial charge on any atom is -0.351 e. The van der Waals surface area contributed by atoms with Gasteiger partial charge in [-0.3, -0.25) is 4.79 Å². The highest BCUT2D eigenvalue weighted by Crippen LogP contribution is 2.22. The third-order valence-electron chi connectivity index (χ3n) is 5.81. The minimum absolute atomic E-state index is 0.0508. The van der Waals surface area contributed by atoms with Crippen LogP contribution in [-0.4, -0.2) is 43.0 Å². The number of amides is 1. The fraction of sp³-hybridized carbons (Fsp3) is 0.480. The van der Waals surface area contributed by atoms with Crippen molar-refractivity contribution in [2.75, 3.05) is 18.8 Å². The van der Waals surface area contributed by atoms with E-state index in [9.17, 15) is 13.2 Å². The third-order valence-corrected chi connectivity index (χ3v) is 7.73. The second-order valence-corrected chi connectivity index (χ2v) is 11.2. The molecule has 1 N–H and O–H groups in total. The normalized spacial score (nSPS) is 17.9. The molecule has 0 radical (unpaired) electrons. The van der Waals surface area contributed by atoms with Crippen LogP contribution >= 0.6 is 0 Å². The molecule has 0 spiro atoms. The molecular weight excluding hydrogens is 408 g/mol. The average molecular weight is 443 g/mol. The highest BCUT2D eigenvalue weighted by Gasteiger charge is 2.34. The van der Waals surface area contributed by atoms with Crippen molar-refractivity contribution in [1.29, 1.82) is 0 Å². The summed E-state index contributed by atoms with van der Waals surface area (Å²) in [6.07, 6.45) is 3.50. The summed E-state index contributed by atoms with van der Waals surface area (Å²) in [5.41, 5.74) is 1.92. The Morgan fingerprint density at radius 1 is 1.03 bits per heavy atom. The number of nitrogens with one attached hydrogen (secondary N) is 1. The number of benzene rings is 2. The Labute approximate surface area is 186 Å². The van der Waals surface area contributed by atoms with Crippen LogP contribution in [0.1, 0.15) is 44.2 Å². The van der Waals surface area contributed by atoms with Crippen LogP contribution in [0, 0.1) is 5.92 Å². The highest BCUT2D eigenvalue weighted by molar-refractivity contribution is 7.89. The first-order valence-corrected chi connectivity index (χ1v) is 12.7. The van der Waals surface area contributed by atoms with Gasteiger partial charge in [-0.05, 0) is 57.1 Å². The van der Waals surface area contributed by atoms with Crippen LogP contribution in [0.2, 0.25) is 0 Å². The van der Waals surface area contributed by atoms with Gasteiger partial charge in [0.05, 0.1) is 11.7 Å². The third kappa shape index (κ3) is 7.18. The van der Waals surface area contributed by atoms with E-state index in [1.807, 2.05) is 62.4 Å². The van der Waals surface area contributed by atoms with E-state index < -0.39 is 15.6 Å². The first kappa shape index (κ1) is 23.5. The lowest BCUT2D eigenvalue weighted by Gasteiger charge is -2.34. The predicted octanol–water partition coefficient (Wildman–Crippen LogP) is 3.80. The first-order valence-electron chi connectivity index (χ1n) is 11.1. The van der Waals surface area contributed by atoms with E-state index in [2.05, 4.69) is 17.4 Å². The Morgan fingerprint density at radius 2 is 1.65 bits per heavy atom. The molecular formula is C25H34N2O3S. The molecule has 6 heteroatoms. The molecule has 0 aromatic heterocycles. The summed E-state index contributed by atoms with van der Waals surface area (Å²) in [5, 5.41) is 3.15. The maximum Gasteiger partial charge on any atom is 0.224 e. The summed E-state index contributed by atoms with van der Waals surface area (Å²) in [6, 6.07) is 20.0. The number of sulfonamides is 1. The molecule has 1 amide bonds. The van der Waals surface area contributed by atoms with E-state index in [1.165, 1.54) is 9.87 Å². The average Bonchev–Trinajstić information content (AvgIpc) is 2.74. The monoisotopic (exact) mass is 442 g/mol. The molecule has 1 aliphatic rings. The maximum atomic E-state index is 12.9. The van der Waals surface area contributed by atoms with Gasteiger partial charge in [0.25, 0.3) is 0 Å². The second-order valence-electron chi connectivity index (χ2n) is 9.14. The van der Waals surface area contributed by atoms with Crippen LogP contribution in [-0.2, 0) is 27.7 Å². The van der Waals surface area contributed by atoms with Crippen molar-refractivity contribution < 1.29 is 13.2 Å². The molecule has 0 saturated carbocycles. The van der Waals surface area contributed by atoms with Gasteiger partial charge >= 0.3 is 0 Å². The molecule has 1 aliphatic heterocycles. The SMILES string of the molecule is CC(C)(Cc1ccccc1)NC(=O)[C@@H]1CCCN(S(=O)(=O)CCCc2ccccc2)C1. The van der Waals surface area contributed by atoms with Gasteiger partial charge in [0.1, 0.15) is 0 Å². The van der Waals surface area contributed by atoms with Crippen LogP contribution in [0.3, 0.4) is 0 Å². The van der Waals surface area contributed by atoms with Crippen LogP contribution in [0.4, 0.5) is 0 Å². The zero-order valence-corrected chi connectivity index (χ0v) is 19.4. The Bertz CT molecular complexity index is 943. The Balaban J connectivity index is 1.53. The van der Waals surface area contributed by atoms with Gasteiger partial charge in [-0.2, -0.15) is 0 Å². The zero-order chi connectivity index (χ0) is 22.3. The van der Waals surface area contributed by atoms with Crippen LogP contribution in [0.15, 0.2) is 60.7 Å². The molecule has 1 saturated heterocycles. The first-order chi connectivity index (χ1) is 14.8. The lowest BCUT2D eigenvalue weighted by molar-refractivity contribution is -0.127. The fourth-order valence-corrected chi connectivity index (χ4v) is 5.81. The molecule has 0 aliphatic carbocycles. The Kier molecular flexibility index (Phi) is 7.89. The van der Waals surface area contributed by atoms with Crippen molar-refractivity contribution in [3.63, 3.8) is 0 Å². The molecule has 5 nitrogen and oxygen atoms in total. The van der Waals surface area contributed by atoms with Gasteiger partial charge < -0.3 is 5.32 Å². The van der Waals surface area contributed by atoms with Gasteiger partial charge in [0.15, 0.2) is 0 Å². The van der Waals surface area contributed by atoms with Gasteiger partial charge in [-0.15, -0.1) is 0 Å². The van der Waals surface area contributed by atoms with Crippen molar-refractivity contribution in [2.45, 2.75) is 51.5 Å². The molecule has 0 bridgehead atoms. The molecule has 1 heterocycles. The van der Waals surface area contributed by atoms with Crippen molar-refractivity contribution >= 4 is 15.9 Å². The van der Waals surface area contributed by atoms with Crippen LogP contribution in [0.25, 0.3) is 0 Å². The quantitative estimate of drug-likeness (QED) is 0.642. The van der Waals surface area contributed by atoms with E-state index in [0.717, 1.165) is 31.2 Å². The van der Waals surface area contributed by atoms with Gasteiger partial charge in [0, 0.05) is 18.6 Å². The molecule has 3 rings (SSSR count). The number of aryl methyl sites for hydroxylation is 1. The number of piperidine rings is 1. The Morgan fingerprint density at radius 3 is 2.29 bits per heavy atom. The molecule has 1 fully saturated rings. The lowest BCUT2D eigenvalue weighted by atomic mass is 9.92. The second kappa shape index (κ2) is 10.4. The number of carbonyl (C=O) groups is 1. The number of nitrogens with zero attached hydrogens (tertiary/aromatic N) is 1. The molecule has 0 unspecified atom stereocenters. The van der Waals surface area contributed by atoms with Crippen molar-refractivity contribution in [3.8, 4) is 0 Å². The van der Waals surface area contributed by atoms with Crippen molar-refractivity contribution in [1.82, 2.24) is 9.62 Å². The predicted molar refractivity (Wildman–Crippen MR) is 125 cm³/mol. The number of rotatable bonds is 9. The summed E-state index contributed by atoms with van der Waals surface area (Å²) < 4.78 is 27.3. The summed E-state index contributed by atoms with van der Waals surface area (Å²) in [4.78, 5) is 12.9. The maximum absolute atomic E-state index is 12.9. The zero-order valence-electron chi connectivity index (χ0n) is 18.6. The van der Waals surface area contributed by atoms with Crippen LogP contribution < -0.4 is 5.32 Å². The van der Waals surface area contributed by atoms with Gasteiger partial charge in [0.2, 0.25) is 15.9 Å². The van der Waals surface area contributed by atoms with E-state index in [0.29, 0.717) is 13.0 Å². The Hall–Kier alpha value is -2.18. The lowest BCUT2D eigenvalue weighted by Crippen LogP contribution is -2.51. The molecule has 2 aromatic carbocycles. The number of hydrogen-bond donors (Lipinski definition) is 1.